The van der Waals surface area contributed by atoms with Crippen molar-refractivity contribution >= 4 is 11.8 Å². The fraction of sp³-hybridized carbons (Fsp3) is 0.389. The molecule has 25 heavy (non-hydrogen) atoms. The van der Waals surface area contributed by atoms with Gasteiger partial charge in [0.25, 0.3) is 0 Å². The van der Waals surface area contributed by atoms with Crippen LogP contribution in [0, 0.1) is 0 Å². The van der Waals surface area contributed by atoms with Gasteiger partial charge in [-0.05, 0) is 6.07 Å². The van der Waals surface area contributed by atoms with E-state index in [0.29, 0.717) is 19.7 Å². The van der Waals surface area contributed by atoms with Crippen molar-refractivity contribution in [2.24, 2.45) is 0 Å². The van der Waals surface area contributed by atoms with E-state index >= 15 is 0 Å². The summed E-state index contributed by atoms with van der Waals surface area (Å²) in [5.41, 5.74) is 1.06. The molecule has 7 heteroatoms. The SMILES string of the molecule is O=C(N[C@H]1CCOc2ccccc21)N1CCN(c2cnccn2)CC1. The second-order valence-electron chi connectivity index (χ2n) is 6.21. The molecule has 0 aliphatic carbocycles. The number of amides is 2. The minimum absolute atomic E-state index is 0.00969. The quantitative estimate of drug-likeness (QED) is 0.904. The number of hydrogen-bond acceptors (Lipinski definition) is 5. The first-order valence-electron chi connectivity index (χ1n) is 8.59. The highest BCUT2D eigenvalue weighted by Gasteiger charge is 2.27. The van der Waals surface area contributed by atoms with Crippen molar-refractivity contribution in [1.82, 2.24) is 20.2 Å². The van der Waals surface area contributed by atoms with Crippen LogP contribution in [-0.4, -0.2) is 53.7 Å². The lowest BCUT2D eigenvalue weighted by atomic mass is 10.0. The van der Waals surface area contributed by atoms with Crippen molar-refractivity contribution in [3.63, 3.8) is 0 Å². The van der Waals surface area contributed by atoms with Crippen LogP contribution in [0.25, 0.3) is 0 Å². The summed E-state index contributed by atoms with van der Waals surface area (Å²) in [5.74, 6) is 1.73. The second-order valence-corrected chi connectivity index (χ2v) is 6.21. The molecule has 1 saturated heterocycles. The van der Waals surface area contributed by atoms with Crippen LogP contribution < -0.4 is 15.0 Å². The molecule has 4 rings (SSSR count). The minimum atomic E-state index is -0.0134. The van der Waals surface area contributed by atoms with Crippen LogP contribution in [-0.2, 0) is 0 Å². The number of piperazine rings is 1. The number of anilines is 1. The molecule has 0 radical (unpaired) electrons. The third-order valence-corrected chi connectivity index (χ3v) is 4.70. The van der Waals surface area contributed by atoms with Gasteiger partial charge in [-0.1, -0.05) is 18.2 Å². The van der Waals surface area contributed by atoms with E-state index in [1.165, 1.54) is 0 Å². The maximum Gasteiger partial charge on any atom is 0.318 e. The Balaban J connectivity index is 1.36. The number of benzene rings is 1. The fourth-order valence-electron chi connectivity index (χ4n) is 3.33. The topological polar surface area (TPSA) is 70.6 Å². The van der Waals surface area contributed by atoms with Crippen LogP contribution in [0.15, 0.2) is 42.9 Å². The monoisotopic (exact) mass is 339 g/mol. The number of hydrogen-bond donors (Lipinski definition) is 1. The average Bonchev–Trinajstić information content (AvgIpc) is 2.69. The van der Waals surface area contributed by atoms with Gasteiger partial charge < -0.3 is 19.9 Å². The standard InChI is InChI=1S/C18H21N5O2/c24-18(21-15-5-12-25-16-4-2-1-3-14(15)16)23-10-8-22(9-11-23)17-13-19-6-7-20-17/h1-4,6-7,13,15H,5,8-12H2,(H,21,24)/t15-/m0/s1. The van der Waals surface area contributed by atoms with E-state index in [2.05, 4.69) is 20.2 Å². The van der Waals surface area contributed by atoms with Gasteiger partial charge in [-0.3, -0.25) is 4.98 Å². The van der Waals surface area contributed by atoms with Gasteiger partial charge in [0.05, 0.1) is 18.8 Å². The Morgan fingerprint density at radius 2 is 2.00 bits per heavy atom. The van der Waals surface area contributed by atoms with Gasteiger partial charge in [0.2, 0.25) is 0 Å². The predicted molar refractivity (Wildman–Crippen MR) is 93.6 cm³/mol. The highest BCUT2D eigenvalue weighted by molar-refractivity contribution is 5.75. The molecule has 1 atom stereocenters. The van der Waals surface area contributed by atoms with E-state index in [1.807, 2.05) is 29.2 Å². The number of rotatable bonds is 2. The molecular weight excluding hydrogens is 318 g/mol. The largest absolute Gasteiger partial charge is 0.493 e. The molecule has 3 heterocycles. The average molecular weight is 339 g/mol. The van der Waals surface area contributed by atoms with Crippen molar-refractivity contribution in [3.8, 4) is 5.75 Å². The van der Waals surface area contributed by atoms with Crippen molar-refractivity contribution < 1.29 is 9.53 Å². The highest BCUT2D eigenvalue weighted by Crippen LogP contribution is 2.31. The number of aromatic nitrogens is 2. The molecule has 0 saturated carbocycles. The van der Waals surface area contributed by atoms with Crippen molar-refractivity contribution in [3.05, 3.63) is 48.4 Å². The number of urea groups is 1. The summed E-state index contributed by atoms with van der Waals surface area (Å²) < 4.78 is 5.66. The summed E-state index contributed by atoms with van der Waals surface area (Å²) >= 11 is 0. The molecule has 7 nitrogen and oxygen atoms in total. The van der Waals surface area contributed by atoms with Gasteiger partial charge in [-0.15, -0.1) is 0 Å². The molecule has 0 unspecified atom stereocenters. The minimum Gasteiger partial charge on any atom is -0.493 e. The smallest absolute Gasteiger partial charge is 0.318 e. The van der Waals surface area contributed by atoms with E-state index in [9.17, 15) is 4.79 Å². The first kappa shape index (κ1) is 15.7. The summed E-state index contributed by atoms with van der Waals surface area (Å²) in [6.45, 7) is 3.50. The zero-order chi connectivity index (χ0) is 17.1. The van der Waals surface area contributed by atoms with Crippen LogP contribution in [0.3, 0.4) is 0 Å². The molecule has 0 spiro atoms. The summed E-state index contributed by atoms with van der Waals surface area (Å²) in [7, 11) is 0. The molecule has 0 bridgehead atoms. The highest BCUT2D eigenvalue weighted by atomic mass is 16.5. The molecular formula is C18H21N5O2. The van der Waals surface area contributed by atoms with Crippen molar-refractivity contribution in [2.45, 2.75) is 12.5 Å². The van der Waals surface area contributed by atoms with Crippen LogP contribution in [0.4, 0.5) is 10.6 Å². The maximum atomic E-state index is 12.6. The van der Waals surface area contributed by atoms with Gasteiger partial charge in [0.1, 0.15) is 11.6 Å². The lowest BCUT2D eigenvalue weighted by Gasteiger charge is -2.36. The third kappa shape index (κ3) is 3.35. The van der Waals surface area contributed by atoms with Crippen LogP contribution in [0.1, 0.15) is 18.0 Å². The number of fused-ring (bicyclic) bond motifs is 1. The molecule has 1 fully saturated rings. The number of carbonyl (C=O) groups is 1. The Morgan fingerprint density at radius 3 is 2.80 bits per heavy atom. The molecule has 1 aromatic carbocycles. The lowest BCUT2D eigenvalue weighted by molar-refractivity contribution is 0.183. The lowest BCUT2D eigenvalue weighted by Crippen LogP contribution is -2.52. The second kappa shape index (κ2) is 6.96. The molecule has 2 aliphatic rings. The van der Waals surface area contributed by atoms with E-state index in [0.717, 1.165) is 36.6 Å². The third-order valence-electron chi connectivity index (χ3n) is 4.70. The fourth-order valence-corrected chi connectivity index (χ4v) is 3.33. The number of nitrogens with zero attached hydrogens (tertiary/aromatic N) is 4. The first-order chi connectivity index (χ1) is 12.3. The van der Waals surface area contributed by atoms with Gasteiger partial charge in [0, 0.05) is 50.6 Å². The summed E-state index contributed by atoms with van der Waals surface area (Å²) in [4.78, 5) is 25.1. The molecule has 130 valence electrons. The van der Waals surface area contributed by atoms with Gasteiger partial charge in [0.15, 0.2) is 0 Å². The number of nitrogens with one attached hydrogen (secondary N) is 1. The van der Waals surface area contributed by atoms with E-state index in [-0.39, 0.29) is 12.1 Å². The summed E-state index contributed by atoms with van der Waals surface area (Å²) in [6.07, 6.45) is 5.91. The van der Waals surface area contributed by atoms with Crippen LogP contribution in [0.5, 0.6) is 5.75 Å². The van der Waals surface area contributed by atoms with Crippen LogP contribution >= 0.6 is 0 Å². The van der Waals surface area contributed by atoms with Crippen LogP contribution in [0.2, 0.25) is 0 Å². The zero-order valence-corrected chi connectivity index (χ0v) is 14.0. The molecule has 1 aromatic heterocycles. The molecule has 2 amide bonds. The first-order valence-corrected chi connectivity index (χ1v) is 8.59. The predicted octanol–water partition coefficient (Wildman–Crippen LogP) is 1.83. The van der Waals surface area contributed by atoms with E-state index in [1.54, 1.807) is 18.6 Å². The Bertz CT molecular complexity index is 731. The van der Waals surface area contributed by atoms with Gasteiger partial charge in [-0.25, -0.2) is 9.78 Å². The summed E-state index contributed by atoms with van der Waals surface area (Å²) in [5, 5.41) is 3.16. The van der Waals surface area contributed by atoms with Crippen molar-refractivity contribution in [2.75, 3.05) is 37.7 Å². The zero-order valence-electron chi connectivity index (χ0n) is 14.0. The van der Waals surface area contributed by atoms with Crippen molar-refractivity contribution in [1.29, 1.82) is 0 Å². The van der Waals surface area contributed by atoms with E-state index in [4.69, 9.17) is 4.74 Å². The van der Waals surface area contributed by atoms with Gasteiger partial charge in [-0.2, -0.15) is 0 Å². The normalized spacial score (nSPS) is 19.8. The molecule has 2 aromatic rings. The molecule has 2 aliphatic heterocycles. The van der Waals surface area contributed by atoms with Gasteiger partial charge >= 0.3 is 6.03 Å². The maximum absolute atomic E-state index is 12.6. The molecule has 1 N–H and O–H groups in total. The number of ether oxygens (including phenoxy) is 1. The Labute approximate surface area is 146 Å². The number of para-hydroxylation sites is 1. The van der Waals surface area contributed by atoms with E-state index < -0.39 is 0 Å². The number of carbonyl (C=O) groups excluding carboxylic acids is 1. The Kier molecular flexibility index (Phi) is 4.37. The Hall–Kier alpha value is -2.83. The summed E-state index contributed by atoms with van der Waals surface area (Å²) in [6, 6.07) is 7.90. The Morgan fingerprint density at radius 1 is 1.16 bits per heavy atom.